The second kappa shape index (κ2) is 4.68. The topological polar surface area (TPSA) is 17.1 Å². The van der Waals surface area contributed by atoms with Gasteiger partial charge in [0.05, 0.1) is 4.88 Å². The van der Waals surface area contributed by atoms with Gasteiger partial charge < -0.3 is 0 Å². The van der Waals surface area contributed by atoms with Crippen LogP contribution in [0.5, 0.6) is 0 Å². The number of carbonyl (C=O) groups is 1. The maximum Gasteiger partial charge on any atom is 0.221 e. The molecule has 3 heteroatoms. The lowest BCUT2D eigenvalue weighted by Crippen LogP contribution is -2.12. The summed E-state index contributed by atoms with van der Waals surface area (Å²) in [6.45, 7) is 13.4. The van der Waals surface area contributed by atoms with E-state index in [1.807, 2.05) is 17.5 Å². The summed E-state index contributed by atoms with van der Waals surface area (Å²) in [7, 11) is 0.849. The van der Waals surface area contributed by atoms with E-state index >= 15 is 0 Å². The Kier molecular flexibility index (Phi) is 3.62. The molecule has 19 heavy (non-hydrogen) atoms. The minimum atomic E-state index is 0.140. The molecule has 0 saturated heterocycles. The summed E-state index contributed by atoms with van der Waals surface area (Å²) in [5.74, 6) is 0. The molecule has 0 radical (unpaired) electrons. The predicted octanol–water partition coefficient (Wildman–Crippen LogP) is 5.54. The van der Waals surface area contributed by atoms with Gasteiger partial charge in [-0.3, -0.25) is 4.79 Å². The van der Waals surface area contributed by atoms with Gasteiger partial charge in [0.2, 0.25) is 5.52 Å². The van der Waals surface area contributed by atoms with Gasteiger partial charge in [-0.15, -0.1) is 11.3 Å². The second-order valence-electron chi connectivity index (χ2n) is 6.99. The molecule has 1 aromatic heterocycles. The van der Waals surface area contributed by atoms with Gasteiger partial charge in [0.15, 0.2) is 0 Å². The van der Waals surface area contributed by atoms with Crippen molar-refractivity contribution < 1.29 is 4.79 Å². The highest BCUT2D eigenvalue weighted by Gasteiger charge is 2.36. The molecule has 0 fully saturated rings. The van der Waals surface area contributed by atoms with Crippen LogP contribution in [-0.4, -0.2) is 5.52 Å². The van der Waals surface area contributed by atoms with E-state index in [1.54, 1.807) is 0 Å². The first kappa shape index (κ1) is 14.7. The minimum Gasteiger partial charge on any atom is -0.283 e. The van der Waals surface area contributed by atoms with E-state index in [9.17, 15) is 4.79 Å². The van der Waals surface area contributed by atoms with E-state index in [0.717, 1.165) is 13.1 Å². The SMILES string of the molecule is CC(C)(C)c1c(C(C)(C)C)c1=PC(=O)c1cccs1. The van der Waals surface area contributed by atoms with Crippen LogP contribution in [0.25, 0.3) is 0 Å². The molecule has 0 atom stereocenters. The lowest BCUT2D eigenvalue weighted by Gasteiger charge is -2.18. The number of thiophene rings is 1. The first-order valence-electron chi connectivity index (χ1n) is 6.55. The average Bonchev–Trinajstić information content (AvgIpc) is 2.73. The third-order valence-corrected chi connectivity index (χ3v) is 5.24. The van der Waals surface area contributed by atoms with Gasteiger partial charge in [-0.1, -0.05) is 47.6 Å². The molecule has 0 saturated carbocycles. The van der Waals surface area contributed by atoms with Crippen molar-refractivity contribution in [3.8, 4) is 0 Å². The number of hydrogen-bond acceptors (Lipinski definition) is 2. The Balaban J connectivity index is 2.43. The molecule has 2 aromatic rings. The highest BCUT2D eigenvalue weighted by Crippen LogP contribution is 2.46. The van der Waals surface area contributed by atoms with Gasteiger partial charge in [-0.05, 0) is 41.6 Å². The van der Waals surface area contributed by atoms with Gasteiger partial charge in [-0.25, -0.2) is 0 Å². The van der Waals surface area contributed by atoms with Crippen LogP contribution in [0.3, 0.4) is 0 Å². The molecule has 2 rings (SSSR count). The Labute approximate surface area is 121 Å². The van der Waals surface area contributed by atoms with Crippen molar-refractivity contribution in [1.82, 2.24) is 0 Å². The molecule has 0 bridgehead atoms. The van der Waals surface area contributed by atoms with Crippen LogP contribution in [0.2, 0.25) is 0 Å². The predicted molar refractivity (Wildman–Crippen MR) is 85.0 cm³/mol. The van der Waals surface area contributed by atoms with E-state index < -0.39 is 0 Å². The molecule has 1 heterocycles. The summed E-state index contributed by atoms with van der Waals surface area (Å²) < 4.78 is 0. The molecule has 0 aliphatic carbocycles. The number of hydrogen-bond donors (Lipinski definition) is 0. The summed E-state index contributed by atoms with van der Waals surface area (Å²) in [4.78, 5) is 14.4. The fourth-order valence-electron chi connectivity index (χ4n) is 2.31. The molecule has 0 aliphatic heterocycles. The zero-order valence-corrected chi connectivity index (χ0v) is 14.2. The Bertz CT molecular complexity index is 582. The third-order valence-electron chi connectivity index (χ3n) is 3.11. The van der Waals surface area contributed by atoms with Gasteiger partial charge in [0.1, 0.15) is 0 Å². The fourth-order valence-corrected chi connectivity index (χ4v) is 4.61. The van der Waals surface area contributed by atoms with Crippen LogP contribution in [-0.2, 0) is 10.8 Å². The Morgan fingerprint density at radius 2 is 1.58 bits per heavy atom. The summed E-state index contributed by atoms with van der Waals surface area (Å²) in [6, 6.07) is 3.85. The molecule has 1 aromatic carbocycles. The molecule has 102 valence electrons. The summed E-state index contributed by atoms with van der Waals surface area (Å²) in [5, 5.41) is 1.96. The molecule has 0 N–H and O–H groups in total. The molecule has 0 unspecified atom stereocenters. The van der Waals surface area contributed by atoms with Gasteiger partial charge >= 0.3 is 0 Å². The van der Waals surface area contributed by atoms with E-state index in [4.69, 9.17) is 0 Å². The first-order valence-corrected chi connectivity index (χ1v) is 8.32. The molecule has 0 spiro atoms. The minimum absolute atomic E-state index is 0.140. The Morgan fingerprint density at radius 1 is 1.05 bits per heavy atom. The van der Waals surface area contributed by atoms with Crippen molar-refractivity contribution in [2.24, 2.45) is 0 Å². The van der Waals surface area contributed by atoms with Crippen molar-refractivity contribution in [1.29, 1.82) is 0 Å². The standard InChI is InChI=1S/C16H21OPS/c1-15(2,3)11-12(16(4,5)6)13(11)18-14(17)10-8-7-9-19-10/h7-9H,1-6H3. The van der Waals surface area contributed by atoms with E-state index in [1.165, 1.54) is 27.4 Å². The van der Waals surface area contributed by atoms with Crippen molar-refractivity contribution >= 4 is 25.1 Å². The van der Waals surface area contributed by atoms with E-state index in [-0.39, 0.29) is 16.4 Å². The van der Waals surface area contributed by atoms with Crippen LogP contribution in [0.1, 0.15) is 62.3 Å². The van der Waals surface area contributed by atoms with Crippen molar-refractivity contribution in [3.05, 3.63) is 38.5 Å². The summed E-state index contributed by atoms with van der Waals surface area (Å²) in [5.41, 5.74) is 3.32. The van der Waals surface area contributed by atoms with Gasteiger partial charge in [0, 0.05) is 4.94 Å². The Hall–Kier alpha value is -0.720. The second-order valence-corrected chi connectivity index (χ2v) is 9.02. The zero-order valence-electron chi connectivity index (χ0n) is 12.5. The quantitative estimate of drug-likeness (QED) is 0.664. The van der Waals surface area contributed by atoms with Crippen molar-refractivity contribution in [2.75, 3.05) is 0 Å². The molecule has 1 nitrogen and oxygen atoms in total. The van der Waals surface area contributed by atoms with Gasteiger partial charge in [-0.2, -0.15) is 0 Å². The van der Waals surface area contributed by atoms with Gasteiger partial charge in [0.25, 0.3) is 0 Å². The number of rotatable bonds is 2. The molecule has 0 aliphatic rings. The highest BCUT2D eigenvalue weighted by atomic mass is 32.1. The summed E-state index contributed by atoms with van der Waals surface area (Å²) in [6.07, 6.45) is 0. The highest BCUT2D eigenvalue weighted by molar-refractivity contribution is 7.53. The van der Waals surface area contributed by atoms with Crippen LogP contribution in [0.4, 0.5) is 0 Å². The third kappa shape index (κ3) is 3.07. The first-order chi connectivity index (χ1) is 8.62. The zero-order chi connectivity index (χ0) is 14.4. The summed E-state index contributed by atoms with van der Waals surface area (Å²) >= 11 is 1.53. The maximum absolute atomic E-state index is 12.3. The van der Waals surface area contributed by atoms with E-state index in [0.29, 0.717) is 0 Å². The molecule has 0 amide bonds. The van der Waals surface area contributed by atoms with Crippen LogP contribution >= 0.6 is 19.5 Å². The van der Waals surface area contributed by atoms with Crippen molar-refractivity contribution in [2.45, 2.75) is 52.4 Å². The number of carbonyl (C=O) groups excluding carboxylic acids is 1. The molecular formula is C16H21OPS. The van der Waals surface area contributed by atoms with E-state index in [2.05, 4.69) is 41.5 Å². The van der Waals surface area contributed by atoms with Crippen LogP contribution in [0, 0.1) is 4.94 Å². The van der Waals surface area contributed by atoms with Crippen LogP contribution in [0.15, 0.2) is 17.5 Å². The maximum atomic E-state index is 12.3. The molecular weight excluding hydrogens is 271 g/mol. The Morgan fingerprint density at radius 3 is 1.95 bits per heavy atom. The lowest BCUT2D eigenvalue weighted by molar-refractivity contribution is 0.109. The van der Waals surface area contributed by atoms with Crippen LogP contribution < -0.4 is 0 Å². The van der Waals surface area contributed by atoms with Crippen molar-refractivity contribution in [3.63, 3.8) is 0 Å². The smallest absolute Gasteiger partial charge is 0.221 e. The lowest BCUT2D eigenvalue weighted by atomic mass is 9.86. The fraction of sp³-hybridized carbons (Fsp3) is 0.500. The largest absolute Gasteiger partial charge is 0.283 e. The monoisotopic (exact) mass is 292 g/mol. The normalized spacial score (nSPS) is 13.4. The average molecular weight is 292 g/mol.